The number of amides is 1. The van der Waals surface area contributed by atoms with Crippen molar-refractivity contribution in [2.45, 2.75) is 20.3 Å². The number of carbonyl (C=O) groups excluding carboxylic acids is 1. The van der Waals surface area contributed by atoms with E-state index < -0.39 is 0 Å². The summed E-state index contributed by atoms with van der Waals surface area (Å²) in [6.45, 7) is 4.34. The van der Waals surface area contributed by atoms with Gasteiger partial charge in [-0.1, -0.05) is 26.0 Å². The molecule has 0 aliphatic rings. The third kappa shape index (κ3) is 4.91. The molecule has 0 aromatic heterocycles. The molecule has 1 atom stereocenters. The van der Waals surface area contributed by atoms with E-state index in [9.17, 15) is 4.79 Å². The van der Waals surface area contributed by atoms with Crippen LogP contribution in [0.5, 0.6) is 5.75 Å². The largest absolute Gasteiger partial charge is 0.497 e. The first-order chi connectivity index (χ1) is 9.08. The monoisotopic (exact) mass is 265 g/mol. The third-order valence-electron chi connectivity index (χ3n) is 3.21. The van der Waals surface area contributed by atoms with Gasteiger partial charge in [-0.3, -0.25) is 4.79 Å². The Morgan fingerprint density at radius 1 is 1.32 bits per heavy atom. The van der Waals surface area contributed by atoms with E-state index in [0.29, 0.717) is 6.54 Å². The Kier molecular flexibility index (Phi) is 6.36. The molecule has 19 heavy (non-hydrogen) atoms. The maximum Gasteiger partial charge on any atom is 0.225 e. The van der Waals surface area contributed by atoms with Gasteiger partial charge < -0.3 is 15.2 Å². The summed E-state index contributed by atoms with van der Waals surface area (Å²) in [4.78, 5) is 11.8. The minimum Gasteiger partial charge on any atom is -0.497 e. The second-order valence-electron chi connectivity index (χ2n) is 4.92. The molecule has 0 aliphatic heterocycles. The molecular formula is C15H23NO3. The van der Waals surface area contributed by atoms with Crippen molar-refractivity contribution in [3.8, 4) is 5.75 Å². The van der Waals surface area contributed by atoms with Gasteiger partial charge in [0.1, 0.15) is 5.75 Å². The Balaban J connectivity index is 2.38. The molecule has 0 aliphatic carbocycles. The fourth-order valence-electron chi connectivity index (χ4n) is 1.85. The van der Waals surface area contributed by atoms with Gasteiger partial charge in [-0.15, -0.1) is 0 Å². The Hall–Kier alpha value is -1.55. The lowest BCUT2D eigenvalue weighted by Crippen LogP contribution is -2.36. The van der Waals surface area contributed by atoms with Gasteiger partial charge >= 0.3 is 0 Å². The second kappa shape index (κ2) is 7.79. The van der Waals surface area contributed by atoms with Crippen molar-refractivity contribution in [2.24, 2.45) is 11.8 Å². The third-order valence-corrected chi connectivity index (χ3v) is 3.21. The molecule has 0 bridgehead atoms. The highest BCUT2D eigenvalue weighted by Gasteiger charge is 2.20. The van der Waals surface area contributed by atoms with Crippen LogP contribution in [0.4, 0.5) is 0 Å². The first-order valence-electron chi connectivity index (χ1n) is 6.60. The number of nitrogens with one attached hydrogen (secondary N) is 1. The topological polar surface area (TPSA) is 58.6 Å². The van der Waals surface area contributed by atoms with E-state index in [1.807, 2.05) is 38.1 Å². The van der Waals surface area contributed by atoms with E-state index in [4.69, 9.17) is 9.84 Å². The van der Waals surface area contributed by atoms with Gasteiger partial charge in [0.05, 0.1) is 19.6 Å². The number of rotatable bonds is 7. The van der Waals surface area contributed by atoms with Crippen LogP contribution in [-0.4, -0.2) is 31.3 Å². The van der Waals surface area contributed by atoms with Crippen LogP contribution in [0.15, 0.2) is 24.3 Å². The van der Waals surface area contributed by atoms with Gasteiger partial charge in [-0.2, -0.15) is 0 Å². The summed E-state index contributed by atoms with van der Waals surface area (Å²) < 4.78 is 5.09. The van der Waals surface area contributed by atoms with E-state index in [1.165, 1.54) is 0 Å². The first kappa shape index (κ1) is 15.5. The molecule has 1 amide bonds. The number of hydrogen-bond acceptors (Lipinski definition) is 3. The molecule has 4 heteroatoms. The van der Waals surface area contributed by atoms with Crippen LogP contribution in [0.2, 0.25) is 0 Å². The van der Waals surface area contributed by atoms with Crippen molar-refractivity contribution in [1.82, 2.24) is 5.32 Å². The highest BCUT2D eigenvalue weighted by Crippen LogP contribution is 2.12. The zero-order valence-corrected chi connectivity index (χ0v) is 11.8. The molecule has 1 aromatic rings. The van der Waals surface area contributed by atoms with Crippen LogP contribution < -0.4 is 10.1 Å². The van der Waals surface area contributed by atoms with Crippen LogP contribution in [0.1, 0.15) is 19.4 Å². The molecule has 0 saturated carbocycles. The number of aliphatic hydroxyl groups is 1. The van der Waals surface area contributed by atoms with Crippen molar-refractivity contribution >= 4 is 5.91 Å². The Labute approximate surface area is 114 Å². The van der Waals surface area contributed by atoms with E-state index >= 15 is 0 Å². The summed E-state index contributed by atoms with van der Waals surface area (Å²) in [5, 5.41) is 12.0. The highest BCUT2D eigenvalue weighted by atomic mass is 16.5. The molecule has 106 valence electrons. The zero-order chi connectivity index (χ0) is 14.3. The molecule has 0 radical (unpaired) electrons. The smallest absolute Gasteiger partial charge is 0.225 e. The molecule has 1 aromatic carbocycles. The SMILES string of the molecule is COc1ccc(CCNC(=O)C(CO)C(C)C)cc1. The molecule has 1 unspecified atom stereocenters. The minimum absolute atomic E-state index is 0.0778. The fraction of sp³-hybridized carbons (Fsp3) is 0.533. The predicted molar refractivity (Wildman–Crippen MR) is 75.1 cm³/mol. The molecule has 1 rings (SSSR count). The highest BCUT2D eigenvalue weighted by molar-refractivity contribution is 5.78. The van der Waals surface area contributed by atoms with Crippen LogP contribution in [0, 0.1) is 11.8 Å². The van der Waals surface area contributed by atoms with E-state index in [1.54, 1.807) is 7.11 Å². The van der Waals surface area contributed by atoms with Crippen molar-refractivity contribution in [2.75, 3.05) is 20.3 Å². The average Bonchev–Trinajstić information content (AvgIpc) is 2.40. The van der Waals surface area contributed by atoms with Crippen molar-refractivity contribution in [3.63, 3.8) is 0 Å². The first-order valence-corrected chi connectivity index (χ1v) is 6.60. The normalized spacial score (nSPS) is 12.3. The van der Waals surface area contributed by atoms with Crippen molar-refractivity contribution in [1.29, 1.82) is 0 Å². The zero-order valence-electron chi connectivity index (χ0n) is 11.8. The summed E-state index contributed by atoms with van der Waals surface area (Å²) in [6, 6.07) is 7.78. The van der Waals surface area contributed by atoms with E-state index in [0.717, 1.165) is 17.7 Å². The number of methoxy groups -OCH3 is 1. The Morgan fingerprint density at radius 3 is 2.42 bits per heavy atom. The molecule has 0 heterocycles. The van der Waals surface area contributed by atoms with Gasteiger partial charge in [0.2, 0.25) is 5.91 Å². The standard InChI is InChI=1S/C15H23NO3/c1-11(2)14(10-17)15(18)16-9-8-12-4-6-13(19-3)7-5-12/h4-7,11,14,17H,8-10H2,1-3H3,(H,16,18). The average molecular weight is 265 g/mol. The number of carbonyl (C=O) groups is 1. The van der Waals surface area contributed by atoms with E-state index in [2.05, 4.69) is 5.32 Å². The van der Waals surface area contributed by atoms with E-state index in [-0.39, 0.29) is 24.3 Å². The Bertz CT molecular complexity index is 387. The lowest BCUT2D eigenvalue weighted by atomic mass is 9.96. The molecule has 2 N–H and O–H groups in total. The minimum atomic E-state index is -0.323. The fourth-order valence-corrected chi connectivity index (χ4v) is 1.85. The second-order valence-corrected chi connectivity index (χ2v) is 4.92. The van der Waals surface area contributed by atoms with Gasteiger partial charge in [-0.05, 0) is 30.0 Å². The van der Waals surface area contributed by atoms with Crippen molar-refractivity contribution < 1.29 is 14.6 Å². The van der Waals surface area contributed by atoms with Crippen molar-refractivity contribution in [3.05, 3.63) is 29.8 Å². The number of ether oxygens (including phenoxy) is 1. The molecule has 0 spiro atoms. The summed E-state index contributed by atoms with van der Waals surface area (Å²) in [5.41, 5.74) is 1.14. The van der Waals surface area contributed by atoms with Crippen LogP contribution in [0.3, 0.4) is 0 Å². The summed E-state index contributed by atoms with van der Waals surface area (Å²) in [7, 11) is 1.64. The van der Waals surface area contributed by atoms with Gasteiger partial charge in [0.15, 0.2) is 0 Å². The summed E-state index contributed by atoms with van der Waals surface area (Å²) in [5.74, 6) is 0.570. The Morgan fingerprint density at radius 2 is 1.95 bits per heavy atom. The quantitative estimate of drug-likeness (QED) is 0.787. The van der Waals surface area contributed by atoms with Gasteiger partial charge in [-0.25, -0.2) is 0 Å². The molecular weight excluding hydrogens is 242 g/mol. The lowest BCUT2D eigenvalue weighted by Gasteiger charge is -2.17. The maximum absolute atomic E-state index is 11.8. The molecule has 0 saturated heterocycles. The van der Waals surface area contributed by atoms with Crippen LogP contribution in [0.25, 0.3) is 0 Å². The van der Waals surface area contributed by atoms with Crippen LogP contribution >= 0.6 is 0 Å². The number of hydrogen-bond donors (Lipinski definition) is 2. The number of aliphatic hydroxyl groups excluding tert-OH is 1. The predicted octanol–water partition coefficient (Wildman–Crippen LogP) is 1.62. The van der Waals surface area contributed by atoms with Gasteiger partial charge in [0, 0.05) is 6.54 Å². The summed E-state index contributed by atoms with van der Waals surface area (Å²) in [6.07, 6.45) is 0.770. The molecule has 0 fully saturated rings. The van der Waals surface area contributed by atoms with Gasteiger partial charge in [0.25, 0.3) is 0 Å². The maximum atomic E-state index is 11.8. The number of benzene rings is 1. The van der Waals surface area contributed by atoms with Crippen LogP contribution in [-0.2, 0) is 11.2 Å². The molecule has 4 nitrogen and oxygen atoms in total. The lowest BCUT2D eigenvalue weighted by molar-refractivity contribution is -0.127. The summed E-state index contributed by atoms with van der Waals surface area (Å²) >= 11 is 0.